The number of amidine groups is 1. The van der Waals surface area contributed by atoms with Crippen molar-refractivity contribution < 1.29 is 0 Å². The molecule has 1 heterocycles. The Balaban J connectivity index is 2.13. The first-order chi connectivity index (χ1) is 6.58. The monoisotopic (exact) mass is 198 g/mol. The van der Waals surface area contributed by atoms with Gasteiger partial charge in [0.25, 0.3) is 0 Å². The summed E-state index contributed by atoms with van der Waals surface area (Å²) in [5.74, 6) is 1.09. The molecule has 1 saturated heterocycles. The molecule has 0 spiro atoms. The molecule has 4 heteroatoms. The first-order valence-corrected chi connectivity index (χ1v) is 5.28. The molecule has 0 aromatic rings. The van der Waals surface area contributed by atoms with E-state index in [1.54, 1.807) is 0 Å². The van der Waals surface area contributed by atoms with Crippen LogP contribution in [0, 0.1) is 11.3 Å². The number of likely N-dealkylation sites (tertiary alicyclic amines) is 1. The predicted octanol–water partition coefficient (Wildman–Crippen LogP) is 0.196. The fourth-order valence-electron chi connectivity index (χ4n) is 2.02. The Labute approximate surface area is 86.6 Å². The van der Waals surface area contributed by atoms with Crippen molar-refractivity contribution in [2.24, 2.45) is 11.7 Å². The summed E-state index contributed by atoms with van der Waals surface area (Å²) in [5.41, 5.74) is 5.32. The minimum Gasteiger partial charge on any atom is -0.388 e. The summed E-state index contributed by atoms with van der Waals surface area (Å²) in [5, 5.41) is 7.15. The van der Waals surface area contributed by atoms with Gasteiger partial charge in [-0.25, -0.2) is 0 Å². The summed E-state index contributed by atoms with van der Waals surface area (Å²) >= 11 is 0. The summed E-state index contributed by atoms with van der Waals surface area (Å²) in [7, 11) is 4.29. The molecule has 1 aliphatic rings. The number of nitrogens with zero attached hydrogens (tertiary/aromatic N) is 2. The summed E-state index contributed by atoms with van der Waals surface area (Å²) in [6.07, 6.45) is 2.00. The van der Waals surface area contributed by atoms with E-state index in [0.717, 1.165) is 19.0 Å². The van der Waals surface area contributed by atoms with Gasteiger partial charge in [0, 0.05) is 26.1 Å². The first-order valence-electron chi connectivity index (χ1n) is 5.28. The zero-order chi connectivity index (χ0) is 10.6. The second kappa shape index (κ2) is 5.32. The van der Waals surface area contributed by atoms with Gasteiger partial charge in [0.05, 0.1) is 5.84 Å². The topological polar surface area (TPSA) is 56.4 Å². The van der Waals surface area contributed by atoms with Crippen LogP contribution in [0.5, 0.6) is 0 Å². The summed E-state index contributed by atoms with van der Waals surface area (Å²) in [6, 6.07) is 0. The van der Waals surface area contributed by atoms with Gasteiger partial charge in [-0.05, 0) is 33.0 Å². The largest absolute Gasteiger partial charge is 0.388 e. The maximum absolute atomic E-state index is 7.15. The quantitative estimate of drug-likeness (QED) is 0.490. The molecule has 0 amide bonds. The van der Waals surface area contributed by atoms with Crippen LogP contribution in [-0.4, -0.2) is 55.9 Å². The summed E-state index contributed by atoms with van der Waals surface area (Å²) < 4.78 is 0. The van der Waals surface area contributed by atoms with E-state index in [2.05, 4.69) is 23.9 Å². The molecule has 1 atom stereocenters. The van der Waals surface area contributed by atoms with Crippen LogP contribution < -0.4 is 5.73 Å². The van der Waals surface area contributed by atoms with Crippen LogP contribution in [0.4, 0.5) is 0 Å². The molecule has 0 aromatic carbocycles. The van der Waals surface area contributed by atoms with E-state index < -0.39 is 0 Å². The van der Waals surface area contributed by atoms with Crippen LogP contribution in [0.15, 0.2) is 0 Å². The van der Waals surface area contributed by atoms with Gasteiger partial charge in [-0.3, -0.25) is 5.41 Å². The van der Waals surface area contributed by atoms with Crippen molar-refractivity contribution in [1.29, 1.82) is 5.41 Å². The zero-order valence-corrected chi connectivity index (χ0v) is 9.29. The average Bonchev–Trinajstić information content (AvgIpc) is 2.48. The Morgan fingerprint density at radius 1 is 1.64 bits per heavy atom. The van der Waals surface area contributed by atoms with Crippen molar-refractivity contribution in [2.75, 3.05) is 40.3 Å². The highest BCUT2D eigenvalue weighted by molar-refractivity contribution is 5.76. The normalized spacial score (nSPS) is 23.2. The third-order valence-corrected chi connectivity index (χ3v) is 2.82. The standard InChI is InChI=1S/C10H22N4/c1-13-5-3-9(7-13)8-14(2)6-4-10(11)12/h9H,3-8H2,1-2H3,(H3,11,12). The highest BCUT2D eigenvalue weighted by Gasteiger charge is 2.20. The Hall–Kier alpha value is -0.610. The maximum Gasteiger partial charge on any atom is 0.0918 e. The summed E-state index contributed by atoms with van der Waals surface area (Å²) in [4.78, 5) is 4.66. The van der Waals surface area contributed by atoms with Gasteiger partial charge >= 0.3 is 0 Å². The number of hydrogen-bond donors (Lipinski definition) is 2. The van der Waals surface area contributed by atoms with E-state index in [9.17, 15) is 0 Å². The highest BCUT2D eigenvalue weighted by atomic mass is 15.1. The molecule has 14 heavy (non-hydrogen) atoms. The van der Waals surface area contributed by atoms with E-state index in [-0.39, 0.29) is 0 Å². The van der Waals surface area contributed by atoms with Crippen molar-refractivity contribution in [3.63, 3.8) is 0 Å². The van der Waals surface area contributed by atoms with Crippen LogP contribution in [0.2, 0.25) is 0 Å². The molecule has 82 valence electrons. The lowest BCUT2D eigenvalue weighted by molar-refractivity contribution is 0.279. The zero-order valence-electron chi connectivity index (χ0n) is 9.29. The van der Waals surface area contributed by atoms with Gasteiger partial charge in [0.1, 0.15) is 0 Å². The van der Waals surface area contributed by atoms with Gasteiger partial charge in [-0.15, -0.1) is 0 Å². The first kappa shape index (κ1) is 11.5. The molecule has 0 radical (unpaired) electrons. The number of nitrogens with one attached hydrogen (secondary N) is 1. The van der Waals surface area contributed by atoms with Crippen LogP contribution in [0.1, 0.15) is 12.8 Å². The van der Waals surface area contributed by atoms with Gasteiger partial charge in [0.2, 0.25) is 0 Å². The molecule has 3 N–H and O–H groups in total. The maximum atomic E-state index is 7.15. The predicted molar refractivity (Wildman–Crippen MR) is 59.6 cm³/mol. The lowest BCUT2D eigenvalue weighted by Gasteiger charge is -2.20. The molecule has 0 aromatic heterocycles. The second-order valence-electron chi connectivity index (χ2n) is 4.45. The fourth-order valence-corrected chi connectivity index (χ4v) is 2.02. The molecular weight excluding hydrogens is 176 g/mol. The lowest BCUT2D eigenvalue weighted by atomic mass is 10.1. The molecule has 1 rings (SSSR count). The Kier molecular flexibility index (Phi) is 4.35. The van der Waals surface area contributed by atoms with E-state index >= 15 is 0 Å². The van der Waals surface area contributed by atoms with Crippen molar-refractivity contribution >= 4 is 5.84 Å². The molecule has 4 nitrogen and oxygen atoms in total. The Bertz CT molecular complexity index is 193. The second-order valence-corrected chi connectivity index (χ2v) is 4.45. The fraction of sp³-hybridized carbons (Fsp3) is 0.900. The number of nitrogens with two attached hydrogens (primary N) is 1. The highest BCUT2D eigenvalue weighted by Crippen LogP contribution is 2.14. The smallest absolute Gasteiger partial charge is 0.0918 e. The minimum atomic E-state index is 0.292. The molecule has 0 aliphatic carbocycles. The van der Waals surface area contributed by atoms with Gasteiger partial charge in [0.15, 0.2) is 0 Å². The van der Waals surface area contributed by atoms with Gasteiger partial charge in [-0.2, -0.15) is 0 Å². The van der Waals surface area contributed by atoms with Crippen LogP contribution in [0.25, 0.3) is 0 Å². The SMILES string of the molecule is CN(CCC(=N)N)CC1CCN(C)C1. The average molecular weight is 198 g/mol. The minimum absolute atomic E-state index is 0.292. The lowest BCUT2D eigenvalue weighted by Crippen LogP contribution is -2.30. The molecule has 0 saturated carbocycles. The molecule has 0 bridgehead atoms. The molecule has 1 unspecified atom stereocenters. The van der Waals surface area contributed by atoms with E-state index in [1.165, 1.54) is 19.5 Å². The number of rotatable bonds is 5. The van der Waals surface area contributed by atoms with E-state index in [0.29, 0.717) is 12.3 Å². The van der Waals surface area contributed by atoms with Gasteiger partial charge < -0.3 is 15.5 Å². The molecule has 1 aliphatic heterocycles. The van der Waals surface area contributed by atoms with Gasteiger partial charge in [-0.1, -0.05) is 0 Å². The van der Waals surface area contributed by atoms with Crippen LogP contribution in [-0.2, 0) is 0 Å². The van der Waals surface area contributed by atoms with Crippen molar-refractivity contribution in [3.05, 3.63) is 0 Å². The van der Waals surface area contributed by atoms with Crippen molar-refractivity contribution in [3.8, 4) is 0 Å². The molecular formula is C10H22N4. The van der Waals surface area contributed by atoms with Crippen LogP contribution >= 0.6 is 0 Å². The Morgan fingerprint density at radius 3 is 2.86 bits per heavy atom. The summed E-state index contributed by atoms with van der Waals surface area (Å²) in [6.45, 7) is 4.49. The van der Waals surface area contributed by atoms with E-state index in [1.807, 2.05) is 0 Å². The Morgan fingerprint density at radius 2 is 2.36 bits per heavy atom. The van der Waals surface area contributed by atoms with Crippen LogP contribution in [0.3, 0.4) is 0 Å². The van der Waals surface area contributed by atoms with Crippen molar-refractivity contribution in [1.82, 2.24) is 9.80 Å². The number of hydrogen-bond acceptors (Lipinski definition) is 3. The molecule has 1 fully saturated rings. The van der Waals surface area contributed by atoms with Crippen molar-refractivity contribution in [2.45, 2.75) is 12.8 Å². The third-order valence-electron chi connectivity index (χ3n) is 2.82. The third kappa shape index (κ3) is 4.07. The van der Waals surface area contributed by atoms with E-state index in [4.69, 9.17) is 11.1 Å².